The Bertz CT molecular complexity index is 713. The van der Waals surface area contributed by atoms with Gasteiger partial charge in [-0.2, -0.15) is 0 Å². The number of nitro groups is 1. The van der Waals surface area contributed by atoms with Gasteiger partial charge in [0.1, 0.15) is 10.7 Å². The quantitative estimate of drug-likeness (QED) is 0.416. The molecule has 1 heterocycles. The van der Waals surface area contributed by atoms with E-state index in [1.807, 2.05) is 11.4 Å². The summed E-state index contributed by atoms with van der Waals surface area (Å²) >= 11 is 7.35. The van der Waals surface area contributed by atoms with Crippen LogP contribution in [0.5, 0.6) is 0 Å². The van der Waals surface area contributed by atoms with E-state index in [1.165, 1.54) is 43.8 Å². The molecule has 0 saturated carbocycles. The van der Waals surface area contributed by atoms with Crippen molar-refractivity contribution in [2.24, 2.45) is 0 Å². The van der Waals surface area contributed by atoms with E-state index >= 15 is 0 Å². The summed E-state index contributed by atoms with van der Waals surface area (Å²) < 4.78 is 23.1. The molecular weight excluding hydrogens is 349 g/mol. The lowest BCUT2D eigenvalue weighted by Crippen LogP contribution is -2.04. The molecule has 1 unspecified atom stereocenters. The Labute approximate surface area is 136 Å². The van der Waals surface area contributed by atoms with Gasteiger partial charge in [-0.25, -0.2) is 0 Å². The molecule has 1 atom stereocenters. The fraction of sp³-hybridized carbons (Fsp3) is 0.231. The monoisotopic (exact) mass is 361 g/mol. The number of rotatable bonds is 6. The Morgan fingerprint density at radius 1 is 1.32 bits per heavy atom. The molecule has 0 saturated heterocycles. The number of nitro benzene ring substituents is 1. The first-order valence-corrected chi connectivity index (χ1v) is 8.98. The minimum absolute atomic E-state index is 0.0252. The van der Waals surface area contributed by atoms with Crippen molar-refractivity contribution in [1.29, 1.82) is 0 Å². The van der Waals surface area contributed by atoms with Crippen LogP contribution in [0.3, 0.4) is 0 Å². The van der Waals surface area contributed by atoms with Crippen LogP contribution in [-0.2, 0) is 13.6 Å². The van der Waals surface area contributed by atoms with E-state index in [2.05, 4.69) is 0 Å². The fourth-order valence-electron chi connectivity index (χ4n) is 2.08. The Hall–Kier alpha value is -1.24. The second-order valence-corrected chi connectivity index (χ2v) is 8.00. The van der Waals surface area contributed by atoms with E-state index in [0.29, 0.717) is 5.56 Å². The van der Waals surface area contributed by atoms with Crippen molar-refractivity contribution in [2.45, 2.75) is 5.66 Å². The number of halogens is 1. The minimum atomic E-state index is -3.48. The Kier molecular flexibility index (Phi) is 5.36. The second kappa shape index (κ2) is 6.89. The average molecular weight is 362 g/mol. The molecule has 0 spiro atoms. The molecule has 0 N–H and O–H groups in total. The molecular formula is C13H13ClNO5PS. The van der Waals surface area contributed by atoms with Crippen molar-refractivity contribution in [3.8, 4) is 0 Å². The maximum Gasteiger partial charge on any atom is 0.342 e. The highest BCUT2D eigenvalue weighted by Crippen LogP contribution is 2.63. The third kappa shape index (κ3) is 3.24. The van der Waals surface area contributed by atoms with E-state index in [1.54, 1.807) is 6.07 Å². The van der Waals surface area contributed by atoms with Crippen molar-refractivity contribution >= 4 is 36.2 Å². The molecule has 0 amide bonds. The molecule has 0 radical (unpaired) electrons. The van der Waals surface area contributed by atoms with Crippen LogP contribution in [0.1, 0.15) is 16.1 Å². The highest BCUT2D eigenvalue weighted by atomic mass is 35.5. The fourth-order valence-corrected chi connectivity index (χ4v) is 5.13. The highest BCUT2D eigenvalue weighted by Gasteiger charge is 2.38. The maximum atomic E-state index is 12.9. The van der Waals surface area contributed by atoms with Gasteiger partial charge in [0.2, 0.25) is 0 Å². The molecule has 9 heteroatoms. The van der Waals surface area contributed by atoms with Crippen LogP contribution < -0.4 is 0 Å². The molecule has 2 rings (SSSR count). The van der Waals surface area contributed by atoms with E-state index in [-0.39, 0.29) is 10.7 Å². The first kappa shape index (κ1) is 17.1. The van der Waals surface area contributed by atoms with E-state index in [9.17, 15) is 14.7 Å². The molecule has 0 fully saturated rings. The Morgan fingerprint density at radius 3 is 2.45 bits per heavy atom. The van der Waals surface area contributed by atoms with Gasteiger partial charge in [0.25, 0.3) is 5.69 Å². The molecule has 0 bridgehead atoms. The molecule has 1 aromatic heterocycles. The molecule has 2 aromatic rings. The van der Waals surface area contributed by atoms with Crippen LogP contribution in [0.4, 0.5) is 5.69 Å². The Balaban J connectivity index is 2.58. The van der Waals surface area contributed by atoms with E-state index in [4.69, 9.17) is 20.6 Å². The maximum absolute atomic E-state index is 12.9. The van der Waals surface area contributed by atoms with Crippen molar-refractivity contribution in [3.05, 3.63) is 61.3 Å². The van der Waals surface area contributed by atoms with Crippen molar-refractivity contribution in [1.82, 2.24) is 0 Å². The summed E-state index contributed by atoms with van der Waals surface area (Å²) in [6.07, 6.45) is 0. The highest BCUT2D eigenvalue weighted by molar-refractivity contribution is 7.54. The van der Waals surface area contributed by atoms with Crippen LogP contribution >= 0.6 is 30.5 Å². The summed E-state index contributed by atoms with van der Waals surface area (Å²) in [7, 11) is -0.872. The summed E-state index contributed by atoms with van der Waals surface area (Å²) in [6.45, 7) is 0. The van der Waals surface area contributed by atoms with Gasteiger partial charge in [0.05, 0.1) is 4.92 Å². The smallest absolute Gasteiger partial charge is 0.311 e. The number of thiophene rings is 1. The molecule has 22 heavy (non-hydrogen) atoms. The first-order valence-electron chi connectivity index (χ1n) is 6.11. The van der Waals surface area contributed by atoms with Crippen LogP contribution in [0.15, 0.2) is 35.7 Å². The molecule has 1 aromatic carbocycles. The molecule has 0 aliphatic rings. The van der Waals surface area contributed by atoms with Crippen LogP contribution in [-0.4, -0.2) is 19.1 Å². The average Bonchev–Trinajstić information content (AvgIpc) is 3.00. The number of hydrogen-bond donors (Lipinski definition) is 0. The molecule has 6 nitrogen and oxygen atoms in total. The summed E-state index contributed by atoms with van der Waals surface area (Å²) in [5.41, 5.74) is -0.370. The zero-order chi connectivity index (χ0) is 16.3. The van der Waals surface area contributed by atoms with Crippen LogP contribution in [0.2, 0.25) is 5.02 Å². The molecule has 0 aliphatic carbocycles. The lowest BCUT2D eigenvalue weighted by Gasteiger charge is -2.24. The van der Waals surface area contributed by atoms with Gasteiger partial charge in [-0.1, -0.05) is 23.7 Å². The minimum Gasteiger partial charge on any atom is -0.311 e. The topological polar surface area (TPSA) is 78.7 Å². The lowest BCUT2D eigenvalue weighted by atomic mass is 10.1. The molecule has 0 aliphatic heterocycles. The number of hydrogen-bond acceptors (Lipinski definition) is 6. The van der Waals surface area contributed by atoms with Gasteiger partial charge in [-0.15, -0.1) is 11.3 Å². The van der Waals surface area contributed by atoms with Crippen molar-refractivity contribution in [2.75, 3.05) is 14.2 Å². The second-order valence-electron chi connectivity index (χ2n) is 4.29. The third-order valence-corrected chi connectivity index (χ3v) is 6.76. The standard InChI is InChI=1S/C13H13ClNO5PS/c1-19-21(18,20-2)13(12-4-3-7-22-12)9-5-6-11(15(16)17)10(14)8-9/h3-8,13H,1-2H3. The molecule has 118 valence electrons. The van der Waals surface area contributed by atoms with Gasteiger partial charge in [0, 0.05) is 25.2 Å². The summed E-state index contributed by atoms with van der Waals surface area (Å²) in [6, 6.07) is 7.84. The summed E-state index contributed by atoms with van der Waals surface area (Å²) in [4.78, 5) is 11.0. The zero-order valence-electron chi connectivity index (χ0n) is 11.8. The van der Waals surface area contributed by atoms with E-state index in [0.717, 1.165) is 4.88 Å². The normalized spacial score (nSPS) is 13.0. The zero-order valence-corrected chi connectivity index (χ0v) is 14.2. The van der Waals surface area contributed by atoms with Gasteiger partial charge >= 0.3 is 7.60 Å². The van der Waals surface area contributed by atoms with Gasteiger partial charge < -0.3 is 9.05 Å². The largest absolute Gasteiger partial charge is 0.342 e. The third-order valence-electron chi connectivity index (χ3n) is 3.12. The summed E-state index contributed by atoms with van der Waals surface area (Å²) in [5.74, 6) is 0. The SMILES string of the molecule is COP(=O)(OC)C(c1ccc([N+](=O)[O-])c(Cl)c1)c1cccs1. The number of nitrogens with zero attached hydrogens (tertiary/aromatic N) is 1. The lowest BCUT2D eigenvalue weighted by molar-refractivity contribution is -0.384. The Morgan fingerprint density at radius 2 is 2.00 bits per heavy atom. The number of benzene rings is 1. The van der Waals surface area contributed by atoms with Crippen molar-refractivity contribution < 1.29 is 18.5 Å². The van der Waals surface area contributed by atoms with Gasteiger partial charge in [0.15, 0.2) is 0 Å². The van der Waals surface area contributed by atoms with Crippen LogP contribution in [0, 0.1) is 10.1 Å². The summed E-state index contributed by atoms with van der Waals surface area (Å²) in [5, 5.41) is 12.7. The van der Waals surface area contributed by atoms with Gasteiger partial charge in [-0.05, 0) is 23.1 Å². The van der Waals surface area contributed by atoms with Crippen molar-refractivity contribution in [3.63, 3.8) is 0 Å². The van der Waals surface area contributed by atoms with Gasteiger partial charge in [-0.3, -0.25) is 14.7 Å². The first-order chi connectivity index (χ1) is 10.4. The predicted octanol–water partition coefficient (Wildman–Crippen LogP) is 4.89. The van der Waals surface area contributed by atoms with Crippen LogP contribution in [0.25, 0.3) is 0 Å². The predicted molar refractivity (Wildman–Crippen MR) is 85.9 cm³/mol. The van der Waals surface area contributed by atoms with E-state index < -0.39 is 18.2 Å².